The summed E-state index contributed by atoms with van der Waals surface area (Å²) >= 11 is 0. The van der Waals surface area contributed by atoms with Crippen LogP contribution in [0.15, 0.2) is 73.1 Å². The minimum atomic E-state index is 0.518. The lowest BCUT2D eigenvalue weighted by molar-refractivity contribution is -0.0965. The topological polar surface area (TPSA) is 24.9 Å². The van der Waals surface area contributed by atoms with Crippen LogP contribution in [-0.4, -0.2) is 16.8 Å². The van der Waals surface area contributed by atoms with Gasteiger partial charge in [0.1, 0.15) is 0 Å². The monoisotopic (exact) mass is 254 g/mol. The van der Waals surface area contributed by atoms with E-state index in [4.69, 9.17) is 9.68 Å². The van der Waals surface area contributed by atoms with Gasteiger partial charge in [0.25, 0.3) is 0 Å². The minimum absolute atomic E-state index is 0.518. The summed E-state index contributed by atoms with van der Waals surface area (Å²) in [5.74, 6) is 1.60. The van der Waals surface area contributed by atoms with Crippen LogP contribution in [0.25, 0.3) is 0 Å². The Kier molecular flexibility index (Phi) is 3.23. The third-order valence-electron chi connectivity index (χ3n) is 2.61. The molecule has 0 radical (unpaired) electrons. The fourth-order valence-corrected chi connectivity index (χ4v) is 1.73. The fraction of sp³-hybridized carbons (Fsp3) is 0.0667. The molecule has 0 N–H and O–H groups in total. The zero-order valence-electron chi connectivity index (χ0n) is 10.3. The third-order valence-corrected chi connectivity index (χ3v) is 2.61. The van der Waals surface area contributed by atoms with E-state index < -0.39 is 0 Å². The van der Waals surface area contributed by atoms with Gasteiger partial charge in [0.05, 0.1) is 12.4 Å². The van der Waals surface area contributed by atoms with Crippen molar-refractivity contribution in [2.75, 3.05) is 6.67 Å². The fourth-order valence-electron chi connectivity index (χ4n) is 1.73. The maximum absolute atomic E-state index is 5.67. The Morgan fingerprint density at radius 3 is 1.47 bits per heavy atom. The molecule has 2 aromatic carbocycles. The number of para-hydroxylation sites is 2. The molecule has 4 nitrogen and oxygen atoms in total. The van der Waals surface area contributed by atoms with Gasteiger partial charge in [-0.15, -0.1) is 0 Å². The van der Waals surface area contributed by atoms with E-state index in [0.717, 1.165) is 11.5 Å². The second-order valence-electron chi connectivity index (χ2n) is 4.08. The van der Waals surface area contributed by atoms with Gasteiger partial charge in [-0.1, -0.05) is 36.4 Å². The molecule has 4 heteroatoms. The first-order chi connectivity index (χ1) is 9.40. The van der Waals surface area contributed by atoms with Gasteiger partial charge in [0.15, 0.2) is 18.2 Å². The number of benzene rings is 2. The van der Waals surface area contributed by atoms with Crippen LogP contribution >= 0.6 is 0 Å². The summed E-state index contributed by atoms with van der Waals surface area (Å²) in [5, 5.41) is 3.41. The molecular formula is C15H14N2O2. The van der Waals surface area contributed by atoms with Crippen LogP contribution in [0.1, 0.15) is 0 Å². The summed E-state index contributed by atoms with van der Waals surface area (Å²) in [7, 11) is 0. The predicted octanol–water partition coefficient (Wildman–Crippen LogP) is 3.02. The van der Waals surface area contributed by atoms with Gasteiger partial charge in [-0.3, -0.25) is 0 Å². The Hall–Kier alpha value is -2.62. The Labute approximate surface area is 112 Å². The standard InChI is InChI=1S/C15H14N2O2/c1-3-7-14(8-4-1)18-16-11-12-17(13-16)19-15-9-5-2-6-10-15/h1-12H,13H2. The zero-order chi connectivity index (χ0) is 12.9. The van der Waals surface area contributed by atoms with Gasteiger partial charge in [-0.25, -0.2) is 0 Å². The number of nitrogens with zero attached hydrogens (tertiary/aromatic N) is 2. The highest BCUT2D eigenvalue weighted by Crippen LogP contribution is 2.17. The maximum Gasteiger partial charge on any atom is 0.162 e. The summed E-state index contributed by atoms with van der Waals surface area (Å²) in [5.41, 5.74) is 0. The van der Waals surface area contributed by atoms with Crippen LogP contribution in [0.4, 0.5) is 0 Å². The van der Waals surface area contributed by atoms with E-state index in [1.54, 1.807) is 10.1 Å². The van der Waals surface area contributed by atoms with Crippen molar-refractivity contribution in [3.05, 3.63) is 73.1 Å². The molecule has 0 spiro atoms. The molecule has 0 atom stereocenters. The first-order valence-electron chi connectivity index (χ1n) is 6.08. The molecule has 19 heavy (non-hydrogen) atoms. The van der Waals surface area contributed by atoms with Crippen LogP contribution < -0.4 is 9.68 Å². The van der Waals surface area contributed by atoms with Crippen LogP contribution in [0.2, 0.25) is 0 Å². The molecule has 1 aliphatic rings. The Morgan fingerprint density at radius 1 is 0.632 bits per heavy atom. The van der Waals surface area contributed by atoms with E-state index in [1.165, 1.54) is 0 Å². The Morgan fingerprint density at radius 2 is 1.05 bits per heavy atom. The molecular weight excluding hydrogens is 240 g/mol. The van der Waals surface area contributed by atoms with Crippen LogP contribution in [0.5, 0.6) is 11.5 Å². The average molecular weight is 254 g/mol. The molecule has 0 unspecified atom stereocenters. The highest BCUT2D eigenvalue weighted by atomic mass is 16.7. The average Bonchev–Trinajstić information content (AvgIpc) is 2.88. The van der Waals surface area contributed by atoms with Gasteiger partial charge >= 0.3 is 0 Å². The number of hydrogen-bond donors (Lipinski definition) is 0. The summed E-state index contributed by atoms with van der Waals surface area (Å²) < 4.78 is 0. The van der Waals surface area contributed by atoms with E-state index in [0.29, 0.717) is 6.67 Å². The number of hydroxylamine groups is 4. The van der Waals surface area contributed by atoms with Crippen molar-refractivity contribution in [2.45, 2.75) is 0 Å². The lowest BCUT2D eigenvalue weighted by Gasteiger charge is -2.20. The van der Waals surface area contributed by atoms with E-state index in [1.807, 2.05) is 73.1 Å². The van der Waals surface area contributed by atoms with Crippen molar-refractivity contribution >= 4 is 0 Å². The van der Waals surface area contributed by atoms with Crippen molar-refractivity contribution in [1.29, 1.82) is 0 Å². The zero-order valence-corrected chi connectivity index (χ0v) is 10.3. The van der Waals surface area contributed by atoms with Crippen molar-refractivity contribution in [3.8, 4) is 11.5 Å². The van der Waals surface area contributed by atoms with Gasteiger partial charge in [-0.05, 0) is 24.3 Å². The summed E-state index contributed by atoms with van der Waals surface area (Å²) in [4.78, 5) is 11.3. The van der Waals surface area contributed by atoms with Crippen molar-refractivity contribution in [2.24, 2.45) is 0 Å². The highest BCUT2D eigenvalue weighted by molar-refractivity contribution is 5.22. The predicted molar refractivity (Wildman–Crippen MR) is 71.8 cm³/mol. The largest absolute Gasteiger partial charge is 0.378 e. The maximum atomic E-state index is 5.67. The molecule has 0 fully saturated rings. The molecule has 0 saturated carbocycles. The van der Waals surface area contributed by atoms with Crippen LogP contribution in [0.3, 0.4) is 0 Å². The number of hydrogen-bond acceptors (Lipinski definition) is 4. The van der Waals surface area contributed by atoms with Crippen molar-refractivity contribution < 1.29 is 9.68 Å². The second-order valence-corrected chi connectivity index (χ2v) is 4.08. The molecule has 3 rings (SSSR count). The molecule has 0 aromatic heterocycles. The first kappa shape index (κ1) is 11.5. The smallest absolute Gasteiger partial charge is 0.162 e. The summed E-state index contributed by atoms with van der Waals surface area (Å²) in [6.07, 6.45) is 3.66. The van der Waals surface area contributed by atoms with Crippen LogP contribution in [0, 0.1) is 0 Å². The van der Waals surface area contributed by atoms with Gasteiger partial charge in [-0.2, -0.15) is 10.1 Å². The second kappa shape index (κ2) is 5.35. The summed E-state index contributed by atoms with van der Waals surface area (Å²) in [6.45, 7) is 0.518. The number of rotatable bonds is 4. The molecule has 2 aromatic rings. The lowest BCUT2D eigenvalue weighted by Crippen LogP contribution is -2.29. The molecule has 96 valence electrons. The molecule has 0 saturated heterocycles. The highest BCUT2D eigenvalue weighted by Gasteiger charge is 2.15. The van der Waals surface area contributed by atoms with E-state index in [-0.39, 0.29) is 0 Å². The third kappa shape index (κ3) is 2.98. The Balaban J connectivity index is 1.55. The molecule has 0 aliphatic carbocycles. The molecule has 0 bridgehead atoms. The van der Waals surface area contributed by atoms with E-state index >= 15 is 0 Å². The Bertz CT molecular complexity index is 493. The quantitative estimate of drug-likeness (QED) is 0.837. The van der Waals surface area contributed by atoms with Gasteiger partial charge < -0.3 is 9.68 Å². The molecule has 1 aliphatic heterocycles. The van der Waals surface area contributed by atoms with Crippen LogP contribution in [-0.2, 0) is 0 Å². The van der Waals surface area contributed by atoms with E-state index in [9.17, 15) is 0 Å². The first-order valence-corrected chi connectivity index (χ1v) is 6.08. The van der Waals surface area contributed by atoms with Gasteiger partial charge in [0.2, 0.25) is 0 Å². The minimum Gasteiger partial charge on any atom is -0.378 e. The van der Waals surface area contributed by atoms with Crippen molar-refractivity contribution in [3.63, 3.8) is 0 Å². The lowest BCUT2D eigenvalue weighted by atomic mass is 10.3. The molecule has 1 heterocycles. The molecule has 0 amide bonds. The normalized spacial score (nSPS) is 13.7. The SMILES string of the molecule is C1=CN(Oc2ccccc2)CN1Oc1ccccc1. The van der Waals surface area contributed by atoms with E-state index in [2.05, 4.69) is 0 Å². The van der Waals surface area contributed by atoms with Crippen molar-refractivity contribution in [1.82, 2.24) is 10.1 Å². The van der Waals surface area contributed by atoms with Gasteiger partial charge in [0, 0.05) is 0 Å². The summed E-state index contributed by atoms with van der Waals surface area (Å²) in [6, 6.07) is 19.3.